The van der Waals surface area contributed by atoms with Gasteiger partial charge >= 0.3 is 6.61 Å². The van der Waals surface area contributed by atoms with Crippen molar-refractivity contribution in [3.8, 4) is 5.75 Å². The van der Waals surface area contributed by atoms with Gasteiger partial charge in [0.25, 0.3) is 11.8 Å². The number of alkyl halides is 2. The molecule has 34 heavy (non-hydrogen) atoms. The van der Waals surface area contributed by atoms with E-state index in [1.165, 1.54) is 41.7 Å². The molecule has 1 saturated heterocycles. The molecule has 0 saturated carbocycles. The zero-order valence-electron chi connectivity index (χ0n) is 18.0. The Balaban J connectivity index is 1.45. The van der Waals surface area contributed by atoms with Gasteiger partial charge in [0.15, 0.2) is 0 Å². The standard InChI is InChI=1S/C25H21F3N2O3S/c26-19-8-6-17(7-9-19)15-21(22-5-2-14-34-22)24(32)30-12-10-29(11-13-30)23(31)18-3-1-4-20(16-18)33-25(27)28/h1-9,14-16,25H,10-13H2/b21-15+. The van der Waals surface area contributed by atoms with Gasteiger partial charge in [-0.1, -0.05) is 24.3 Å². The molecule has 2 aromatic carbocycles. The normalized spacial score (nSPS) is 14.4. The fourth-order valence-electron chi connectivity index (χ4n) is 3.67. The highest BCUT2D eigenvalue weighted by atomic mass is 32.1. The van der Waals surface area contributed by atoms with Gasteiger partial charge < -0.3 is 14.5 Å². The van der Waals surface area contributed by atoms with Crippen molar-refractivity contribution in [3.05, 3.63) is 87.9 Å². The first kappa shape index (κ1) is 23.6. The monoisotopic (exact) mass is 486 g/mol. The molecule has 2 amide bonds. The number of carbonyl (C=O) groups is 2. The van der Waals surface area contributed by atoms with E-state index in [4.69, 9.17) is 0 Å². The molecule has 2 heterocycles. The van der Waals surface area contributed by atoms with Gasteiger partial charge in [-0.05, 0) is 53.4 Å². The lowest BCUT2D eigenvalue weighted by molar-refractivity contribution is -0.126. The van der Waals surface area contributed by atoms with Gasteiger partial charge in [0.1, 0.15) is 11.6 Å². The first-order valence-electron chi connectivity index (χ1n) is 10.6. The molecule has 9 heteroatoms. The van der Waals surface area contributed by atoms with Gasteiger partial charge in [-0.15, -0.1) is 11.3 Å². The Bertz CT molecular complexity index is 1170. The van der Waals surface area contributed by atoms with Crippen molar-refractivity contribution in [1.29, 1.82) is 0 Å². The van der Waals surface area contributed by atoms with Crippen LogP contribution in [0.15, 0.2) is 66.0 Å². The van der Waals surface area contributed by atoms with Crippen molar-refractivity contribution < 1.29 is 27.5 Å². The van der Waals surface area contributed by atoms with E-state index in [1.54, 1.807) is 34.1 Å². The smallest absolute Gasteiger partial charge is 0.387 e. The Kier molecular flexibility index (Phi) is 7.32. The molecule has 0 bridgehead atoms. The molecule has 5 nitrogen and oxygen atoms in total. The fourth-order valence-corrected chi connectivity index (χ4v) is 4.40. The van der Waals surface area contributed by atoms with Crippen LogP contribution in [0, 0.1) is 5.82 Å². The second kappa shape index (κ2) is 10.6. The molecule has 0 unspecified atom stereocenters. The van der Waals surface area contributed by atoms with Gasteiger partial charge in [0, 0.05) is 36.6 Å². The Morgan fingerprint density at radius 2 is 1.65 bits per heavy atom. The summed E-state index contributed by atoms with van der Waals surface area (Å²) in [6.07, 6.45) is 1.74. The molecule has 0 aliphatic carbocycles. The highest BCUT2D eigenvalue weighted by molar-refractivity contribution is 7.11. The van der Waals surface area contributed by atoms with Crippen LogP contribution in [0.5, 0.6) is 5.75 Å². The first-order chi connectivity index (χ1) is 16.4. The fraction of sp³-hybridized carbons (Fsp3) is 0.200. The average molecular weight is 487 g/mol. The van der Waals surface area contributed by atoms with Gasteiger partial charge in [-0.2, -0.15) is 8.78 Å². The van der Waals surface area contributed by atoms with Crippen LogP contribution in [-0.2, 0) is 4.79 Å². The van der Waals surface area contributed by atoms with Crippen molar-refractivity contribution >= 4 is 34.8 Å². The maximum absolute atomic E-state index is 13.4. The SMILES string of the molecule is O=C(/C(=C/c1ccc(F)cc1)c1cccs1)N1CCN(C(=O)c2cccc(OC(F)F)c2)CC1. The highest BCUT2D eigenvalue weighted by Gasteiger charge is 2.27. The molecular formula is C25H21F3N2O3S. The summed E-state index contributed by atoms with van der Waals surface area (Å²) < 4.78 is 42.6. The van der Waals surface area contributed by atoms with E-state index in [0.29, 0.717) is 37.3 Å². The summed E-state index contributed by atoms with van der Waals surface area (Å²) in [7, 11) is 0. The highest BCUT2D eigenvalue weighted by Crippen LogP contribution is 2.26. The number of hydrogen-bond acceptors (Lipinski definition) is 4. The lowest BCUT2D eigenvalue weighted by Gasteiger charge is -2.35. The summed E-state index contributed by atoms with van der Waals surface area (Å²) >= 11 is 1.43. The number of rotatable bonds is 6. The Hall–Kier alpha value is -3.59. The van der Waals surface area contributed by atoms with Crippen LogP contribution in [0.2, 0.25) is 0 Å². The maximum atomic E-state index is 13.4. The molecule has 0 radical (unpaired) electrons. The van der Waals surface area contributed by atoms with Gasteiger partial charge in [-0.25, -0.2) is 4.39 Å². The Labute approximate surface area is 198 Å². The minimum atomic E-state index is -2.97. The lowest BCUT2D eigenvalue weighted by atomic mass is 10.1. The van der Waals surface area contributed by atoms with Crippen LogP contribution in [0.1, 0.15) is 20.8 Å². The molecule has 1 fully saturated rings. The number of halogens is 3. The molecule has 176 valence electrons. The van der Waals surface area contributed by atoms with E-state index in [2.05, 4.69) is 4.74 Å². The van der Waals surface area contributed by atoms with Crippen LogP contribution in [-0.4, -0.2) is 54.4 Å². The number of piperazine rings is 1. The van der Waals surface area contributed by atoms with Crippen molar-refractivity contribution in [2.24, 2.45) is 0 Å². The molecule has 1 aromatic heterocycles. The quantitative estimate of drug-likeness (QED) is 0.460. The van der Waals surface area contributed by atoms with Crippen molar-refractivity contribution in [2.45, 2.75) is 6.61 Å². The van der Waals surface area contributed by atoms with Crippen LogP contribution >= 0.6 is 11.3 Å². The molecule has 0 N–H and O–H groups in total. The third-order valence-corrected chi connectivity index (χ3v) is 6.26. The van der Waals surface area contributed by atoms with E-state index in [1.807, 2.05) is 17.5 Å². The van der Waals surface area contributed by atoms with Crippen LogP contribution in [0.25, 0.3) is 11.6 Å². The Morgan fingerprint density at radius 1 is 0.941 bits per heavy atom. The zero-order chi connectivity index (χ0) is 24.1. The van der Waals surface area contributed by atoms with E-state index in [9.17, 15) is 22.8 Å². The van der Waals surface area contributed by atoms with Crippen LogP contribution < -0.4 is 4.74 Å². The van der Waals surface area contributed by atoms with E-state index in [-0.39, 0.29) is 28.9 Å². The third kappa shape index (κ3) is 5.66. The summed E-state index contributed by atoms with van der Waals surface area (Å²) in [5.41, 5.74) is 1.45. The van der Waals surface area contributed by atoms with Crippen molar-refractivity contribution in [2.75, 3.05) is 26.2 Å². The summed E-state index contributed by atoms with van der Waals surface area (Å²) in [6.45, 7) is -1.72. The summed E-state index contributed by atoms with van der Waals surface area (Å²) in [4.78, 5) is 30.3. The minimum Gasteiger partial charge on any atom is -0.435 e. The van der Waals surface area contributed by atoms with Crippen LogP contribution in [0.3, 0.4) is 0 Å². The lowest BCUT2D eigenvalue weighted by Crippen LogP contribution is -2.50. The largest absolute Gasteiger partial charge is 0.435 e. The topological polar surface area (TPSA) is 49.9 Å². The maximum Gasteiger partial charge on any atom is 0.387 e. The van der Waals surface area contributed by atoms with E-state index < -0.39 is 6.61 Å². The minimum absolute atomic E-state index is 0.0822. The third-order valence-electron chi connectivity index (χ3n) is 5.36. The Morgan fingerprint density at radius 3 is 2.29 bits per heavy atom. The molecule has 0 atom stereocenters. The summed E-state index contributed by atoms with van der Waals surface area (Å²) in [5, 5.41) is 1.88. The summed E-state index contributed by atoms with van der Waals surface area (Å²) in [6, 6.07) is 15.3. The number of carbonyl (C=O) groups excluding carboxylic acids is 2. The average Bonchev–Trinajstić information content (AvgIpc) is 3.37. The van der Waals surface area contributed by atoms with E-state index >= 15 is 0 Å². The number of nitrogens with zero attached hydrogens (tertiary/aromatic N) is 2. The first-order valence-corrected chi connectivity index (χ1v) is 11.4. The molecule has 1 aliphatic heterocycles. The molecule has 0 spiro atoms. The number of amides is 2. The summed E-state index contributed by atoms with van der Waals surface area (Å²) in [5.74, 6) is -0.923. The van der Waals surface area contributed by atoms with Crippen molar-refractivity contribution in [1.82, 2.24) is 9.80 Å². The predicted molar refractivity (Wildman–Crippen MR) is 124 cm³/mol. The predicted octanol–water partition coefficient (Wildman–Crippen LogP) is 5.01. The number of benzene rings is 2. The number of hydrogen-bond donors (Lipinski definition) is 0. The number of ether oxygens (including phenoxy) is 1. The number of thiophene rings is 1. The van der Waals surface area contributed by atoms with Gasteiger partial charge in [0.05, 0.1) is 5.57 Å². The van der Waals surface area contributed by atoms with E-state index in [0.717, 1.165) is 4.88 Å². The van der Waals surface area contributed by atoms with Gasteiger partial charge in [-0.3, -0.25) is 9.59 Å². The molecule has 4 rings (SSSR count). The van der Waals surface area contributed by atoms with Gasteiger partial charge in [0.2, 0.25) is 0 Å². The van der Waals surface area contributed by atoms with Crippen molar-refractivity contribution in [3.63, 3.8) is 0 Å². The second-order valence-corrected chi connectivity index (χ2v) is 8.53. The van der Waals surface area contributed by atoms with Crippen LogP contribution in [0.4, 0.5) is 13.2 Å². The zero-order valence-corrected chi connectivity index (χ0v) is 18.8. The molecule has 3 aromatic rings. The molecular weight excluding hydrogens is 465 g/mol. The second-order valence-electron chi connectivity index (χ2n) is 7.58. The molecule has 1 aliphatic rings.